The van der Waals surface area contributed by atoms with Gasteiger partial charge < -0.3 is 4.98 Å². The van der Waals surface area contributed by atoms with E-state index in [1.165, 1.54) is 0 Å². The maximum atomic E-state index is 5.74. The van der Waals surface area contributed by atoms with Gasteiger partial charge in [0.1, 0.15) is 5.01 Å². The van der Waals surface area contributed by atoms with Crippen molar-refractivity contribution in [2.45, 2.75) is 5.88 Å². The van der Waals surface area contributed by atoms with Crippen molar-refractivity contribution >= 4 is 34.0 Å². The van der Waals surface area contributed by atoms with Gasteiger partial charge in [-0.3, -0.25) is 0 Å². The van der Waals surface area contributed by atoms with Crippen LogP contribution in [0.4, 0.5) is 0 Å². The smallest absolute Gasteiger partial charge is 0.108 e. The van der Waals surface area contributed by atoms with Crippen LogP contribution in [0.5, 0.6) is 0 Å². The molecule has 2 aromatic heterocycles. The average molecular weight is 250 g/mol. The third-order valence-electron chi connectivity index (χ3n) is 2.38. The Morgan fingerprint density at radius 3 is 3.12 bits per heavy atom. The molecule has 0 atom stereocenters. The molecule has 0 aliphatic rings. The molecule has 0 unspecified atom stereocenters. The molecule has 0 saturated heterocycles. The van der Waals surface area contributed by atoms with Crippen molar-refractivity contribution in [3.63, 3.8) is 0 Å². The number of nitrogens with zero attached hydrogens (tertiary/aromatic N) is 2. The lowest BCUT2D eigenvalue weighted by Gasteiger charge is -1.96. The van der Waals surface area contributed by atoms with Crippen molar-refractivity contribution in [2.24, 2.45) is 0 Å². The zero-order valence-electron chi connectivity index (χ0n) is 8.27. The molecule has 0 spiro atoms. The van der Waals surface area contributed by atoms with Crippen molar-refractivity contribution in [3.05, 3.63) is 34.9 Å². The summed E-state index contributed by atoms with van der Waals surface area (Å²) in [6.07, 6.45) is 1.69. The highest BCUT2D eigenvalue weighted by molar-refractivity contribution is 7.10. The molecule has 0 amide bonds. The van der Waals surface area contributed by atoms with E-state index >= 15 is 0 Å². The Kier molecular flexibility index (Phi) is 2.38. The Labute approximate surface area is 101 Å². The number of imidazole rings is 1. The number of rotatable bonds is 2. The highest BCUT2D eigenvalue weighted by Gasteiger charge is 2.05. The summed E-state index contributed by atoms with van der Waals surface area (Å²) in [5.74, 6) is 0.469. The molecule has 1 N–H and O–H groups in total. The fourth-order valence-corrected chi connectivity index (χ4v) is 2.50. The molecule has 0 aliphatic heterocycles. The molecule has 0 saturated carbocycles. The summed E-state index contributed by atoms with van der Waals surface area (Å²) in [6.45, 7) is 0. The highest BCUT2D eigenvalue weighted by atomic mass is 35.5. The van der Waals surface area contributed by atoms with Crippen molar-refractivity contribution in [3.8, 4) is 11.3 Å². The van der Waals surface area contributed by atoms with Crippen LogP contribution < -0.4 is 0 Å². The lowest BCUT2D eigenvalue weighted by molar-refractivity contribution is 1.26. The number of thiazole rings is 1. The topological polar surface area (TPSA) is 41.6 Å². The molecule has 16 heavy (non-hydrogen) atoms. The number of aromatic amines is 1. The predicted molar refractivity (Wildman–Crippen MR) is 66.8 cm³/mol. The molecule has 0 bridgehead atoms. The summed E-state index contributed by atoms with van der Waals surface area (Å²) < 4.78 is 0. The Hall–Kier alpha value is -1.39. The van der Waals surface area contributed by atoms with Gasteiger partial charge in [0.2, 0.25) is 0 Å². The molecule has 0 aliphatic carbocycles. The van der Waals surface area contributed by atoms with Gasteiger partial charge in [0.05, 0.1) is 28.9 Å². The molecule has 0 radical (unpaired) electrons. The zero-order chi connectivity index (χ0) is 11.0. The van der Waals surface area contributed by atoms with Crippen LogP contribution >= 0.6 is 22.9 Å². The maximum absolute atomic E-state index is 5.74. The van der Waals surface area contributed by atoms with Gasteiger partial charge in [-0.25, -0.2) is 9.97 Å². The van der Waals surface area contributed by atoms with Gasteiger partial charge in [-0.2, -0.15) is 0 Å². The number of fused-ring (bicyclic) bond motifs is 1. The van der Waals surface area contributed by atoms with Crippen molar-refractivity contribution < 1.29 is 0 Å². The molecular weight excluding hydrogens is 242 g/mol. The van der Waals surface area contributed by atoms with Crippen LogP contribution in [0.15, 0.2) is 29.9 Å². The van der Waals surface area contributed by atoms with Gasteiger partial charge >= 0.3 is 0 Å². The van der Waals surface area contributed by atoms with Crippen LogP contribution in [0.3, 0.4) is 0 Å². The molecule has 5 heteroatoms. The van der Waals surface area contributed by atoms with Crippen LogP contribution in [0, 0.1) is 0 Å². The minimum atomic E-state index is 0.469. The number of hydrogen-bond acceptors (Lipinski definition) is 3. The van der Waals surface area contributed by atoms with Gasteiger partial charge in [0.25, 0.3) is 0 Å². The summed E-state index contributed by atoms with van der Waals surface area (Å²) in [4.78, 5) is 11.7. The number of aromatic nitrogens is 3. The van der Waals surface area contributed by atoms with E-state index in [4.69, 9.17) is 11.6 Å². The van der Waals surface area contributed by atoms with E-state index < -0.39 is 0 Å². The lowest BCUT2D eigenvalue weighted by atomic mass is 10.1. The summed E-state index contributed by atoms with van der Waals surface area (Å²) in [7, 11) is 0. The second kappa shape index (κ2) is 3.88. The van der Waals surface area contributed by atoms with Crippen LogP contribution in [-0.2, 0) is 5.88 Å². The number of benzene rings is 1. The fraction of sp³-hybridized carbons (Fsp3) is 0.0909. The van der Waals surface area contributed by atoms with E-state index in [2.05, 4.69) is 21.0 Å². The first kappa shape index (κ1) is 9.81. The van der Waals surface area contributed by atoms with Crippen LogP contribution in [0.1, 0.15) is 5.01 Å². The molecule has 0 fully saturated rings. The van der Waals surface area contributed by atoms with Crippen LogP contribution in [0.2, 0.25) is 0 Å². The Balaban J connectivity index is 2.10. The molecule has 80 valence electrons. The Morgan fingerprint density at radius 2 is 2.31 bits per heavy atom. The van der Waals surface area contributed by atoms with Gasteiger partial charge in [-0.05, 0) is 12.1 Å². The van der Waals surface area contributed by atoms with Crippen LogP contribution in [0.25, 0.3) is 22.3 Å². The predicted octanol–water partition coefficient (Wildman–Crippen LogP) is 3.43. The molecule has 2 heterocycles. The first-order valence-electron chi connectivity index (χ1n) is 4.81. The van der Waals surface area contributed by atoms with E-state index in [9.17, 15) is 0 Å². The Morgan fingerprint density at radius 1 is 1.38 bits per heavy atom. The second-order valence-corrected chi connectivity index (χ2v) is 4.60. The van der Waals surface area contributed by atoms with Gasteiger partial charge in [0.15, 0.2) is 0 Å². The van der Waals surface area contributed by atoms with E-state index in [0.717, 1.165) is 27.3 Å². The quantitative estimate of drug-likeness (QED) is 0.707. The first-order valence-corrected chi connectivity index (χ1v) is 6.22. The fourth-order valence-electron chi connectivity index (χ4n) is 1.60. The number of alkyl halides is 1. The Bertz CT molecular complexity index is 629. The average Bonchev–Trinajstić information content (AvgIpc) is 2.96. The van der Waals surface area contributed by atoms with Crippen molar-refractivity contribution in [1.82, 2.24) is 15.0 Å². The van der Waals surface area contributed by atoms with Gasteiger partial charge in [-0.15, -0.1) is 22.9 Å². The lowest BCUT2D eigenvalue weighted by Crippen LogP contribution is -1.80. The van der Waals surface area contributed by atoms with Gasteiger partial charge in [0, 0.05) is 10.9 Å². The highest BCUT2D eigenvalue weighted by Crippen LogP contribution is 2.25. The monoisotopic (exact) mass is 249 g/mol. The second-order valence-electron chi connectivity index (χ2n) is 3.39. The zero-order valence-corrected chi connectivity index (χ0v) is 9.85. The maximum Gasteiger partial charge on any atom is 0.108 e. The minimum absolute atomic E-state index is 0.469. The van der Waals surface area contributed by atoms with E-state index in [1.54, 1.807) is 17.7 Å². The summed E-state index contributed by atoms with van der Waals surface area (Å²) in [5.41, 5.74) is 4.05. The van der Waals surface area contributed by atoms with Crippen LogP contribution in [-0.4, -0.2) is 15.0 Å². The van der Waals surface area contributed by atoms with E-state index in [0.29, 0.717) is 5.88 Å². The molecular formula is C11H8ClN3S. The molecule has 3 rings (SSSR count). The van der Waals surface area contributed by atoms with Gasteiger partial charge in [-0.1, -0.05) is 6.07 Å². The summed E-state index contributed by atoms with van der Waals surface area (Å²) >= 11 is 7.32. The number of H-pyrrole nitrogens is 1. The SMILES string of the molecule is ClCc1nc(-c2ccc3nc[nH]c3c2)cs1. The summed E-state index contributed by atoms with van der Waals surface area (Å²) in [5, 5.41) is 2.97. The number of hydrogen-bond donors (Lipinski definition) is 1. The molecule has 3 nitrogen and oxygen atoms in total. The van der Waals surface area contributed by atoms with Crippen molar-refractivity contribution in [1.29, 1.82) is 0 Å². The minimum Gasteiger partial charge on any atom is -0.345 e. The molecule has 3 aromatic rings. The normalized spacial score (nSPS) is 11.1. The largest absolute Gasteiger partial charge is 0.345 e. The van der Waals surface area contributed by atoms with E-state index in [-0.39, 0.29) is 0 Å². The van der Waals surface area contributed by atoms with Crippen molar-refractivity contribution in [2.75, 3.05) is 0 Å². The third-order valence-corrected chi connectivity index (χ3v) is 3.64. The summed E-state index contributed by atoms with van der Waals surface area (Å²) in [6, 6.07) is 6.06. The van der Waals surface area contributed by atoms with E-state index in [1.807, 2.05) is 17.5 Å². The molecule has 1 aromatic carbocycles. The standard InChI is InChI=1S/C11H8ClN3S/c12-4-11-15-10(5-16-11)7-1-2-8-9(3-7)14-6-13-8/h1-3,5-6H,4H2,(H,13,14). The number of halogens is 1. The first-order chi connectivity index (χ1) is 7.86. The third kappa shape index (κ3) is 1.60. The number of nitrogens with one attached hydrogen (secondary N) is 1.